The number of fused-ring (bicyclic) bond motifs is 1. The van der Waals surface area contributed by atoms with Gasteiger partial charge in [0.15, 0.2) is 0 Å². The van der Waals surface area contributed by atoms with Gasteiger partial charge >= 0.3 is 6.09 Å². The smallest absolute Gasteiger partial charge is 0.410 e. The van der Waals surface area contributed by atoms with Crippen molar-refractivity contribution in [3.05, 3.63) is 23.3 Å². The Labute approximate surface area is 150 Å². The molecule has 3 rings (SSSR count). The monoisotopic (exact) mass is 347 g/mol. The summed E-state index contributed by atoms with van der Waals surface area (Å²) in [7, 11) is 1.73. The van der Waals surface area contributed by atoms with Crippen molar-refractivity contribution in [2.24, 2.45) is 0 Å². The van der Waals surface area contributed by atoms with E-state index >= 15 is 0 Å². The highest BCUT2D eigenvalue weighted by Crippen LogP contribution is 2.36. The first-order valence-corrected chi connectivity index (χ1v) is 9.01. The second-order valence-corrected chi connectivity index (χ2v) is 7.64. The molecule has 0 bridgehead atoms. The number of carbonyl (C=O) groups is 1. The summed E-state index contributed by atoms with van der Waals surface area (Å²) in [5, 5.41) is 3.42. The molecule has 0 aliphatic carbocycles. The van der Waals surface area contributed by atoms with Crippen LogP contribution in [0, 0.1) is 0 Å². The number of piperazine rings is 1. The largest absolute Gasteiger partial charge is 0.495 e. The van der Waals surface area contributed by atoms with E-state index in [2.05, 4.69) is 22.3 Å². The Kier molecular flexibility index (Phi) is 5.08. The number of nitrogens with zero attached hydrogens (tertiary/aromatic N) is 2. The van der Waals surface area contributed by atoms with Crippen LogP contribution in [-0.2, 0) is 17.7 Å². The van der Waals surface area contributed by atoms with Crippen LogP contribution < -0.4 is 15.0 Å². The third kappa shape index (κ3) is 4.00. The Morgan fingerprint density at radius 1 is 1.16 bits per heavy atom. The SMILES string of the molecule is COc1ccc2c(c1N1CCN(C(=O)OC(C)(C)C)CC1)CCNC2. The summed E-state index contributed by atoms with van der Waals surface area (Å²) in [6.45, 7) is 10.5. The van der Waals surface area contributed by atoms with Gasteiger partial charge in [-0.25, -0.2) is 4.79 Å². The van der Waals surface area contributed by atoms with Crippen LogP contribution in [0.2, 0.25) is 0 Å². The van der Waals surface area contributed by atoms with E-state index in [4.69, 9.17) is 9.47 Å². The second kappa shape index (κ2) is 7.12. The first-order chi connectivity index (χ1) is 11.9. The fourth-order valence-electron chi connectivity index (χ4n) is 3.49. The summed E-state index contributed by atoms with van der Waals surface area (Å²) in [6.07, 6.45) is 0.784. The number of methoxy groups -OCH3 is 1. The lowest BCUT2D eigenvalue weighted by molar-refractivity contribution is 0.0240. The highest BCUT2D eigenvalue weighted by atomic mass is 16.6. The molecule has 1 amide bonds. The summed E-state index contributed by atoms with van der Waals surface area (Å²) in [4.78, 5) is 16.4. The summed E-state index contributed by atoms with van der Waals surface area (Å²) < 4.78 is 11.1. The second-order valence-electron chi connectivity index (χ2n) is 7.64. The fourth-order valence-corrected chi connectivity index (χ4v) is 3.49. The van der Waals surface area contributed by atoms with Crippen LogP contribution in [-0.4, -0.2) is 56.4 Å². The number of ether oxygens (including phenoxy) is 2. The van der Waals surface area contributed by atoms with Crippen LogP contribution in [0.5, 0.6) is 5.75 Å². The van der Waals surface area contributed by atoms with Gasteiger partial charge in [-0.2, -0.15) is 0 Å². The van der Waals surface area contributed by atoms with Gasteiger partial charge in [0.25, 0.3) is 0 Å². The van der Waals surface area contributed by atoms with Gasteiger partial charge in [-0.05, 0) is 50.9 Å². The summed E-state index contributed by atoms with van der Waals surface area (Å²) in [5.41, 5.74) is 3.47. The zero-order chi connectivity index (χ0) is 18.0. The summed E-state index contributed by atoms with van der Waals surface area (Å²) in [6, 6.07) is 4.21. The number of anilines is 1. The molecule has 2 aliphatic heterocycles. The maximum atomic E-state index is 12.3. The Balaban J connectivity index is 1.74. The molecule has 6 heteroatoms. The zero-order valence-electron chi connectivity index (χ0n) is 15.7. The standard InChI is InChI=1S/C19H29N3O3/c1-19(2,3)25-18(23)22-11-9-21(10-12-22)17-15-7-8-20-13-14(15)5-6-16(17)24-4/h5-6,20H,7-13H2,1-4H3. The van der Waals surface area contributed by atoms with E-state index in [1.54, 1.807) is 12.0 Å². The van der Waals surface area contributed by atoms with Crippen LogP contribution in [0.25, 0.3) is 0 Å². The Morgan fingerprint density at radius 3 is 2.52 bits per heavy atom. The molecule has 1 aromatic rings. The molecule has 0 spiro atoms. The van der Waals surface area contributed by atoms with E-state index in [9.17, 15) is 4.79 Å². The molecule has 0 atom stereocenters. The van der Waals surface area contributed by atoms with Crippen molar-refractivity contribution in [1.29, 1.82) is 0 Å². The molecule has 1 fully saturated rings. The predicted molar refractivity (Wildman–Crippen MR) is 98.4 cm³/mol. The van der Waals surface area contributed by atoms with E-state index in [1.807, 2.05) is 20.8 Å². The first kappa shape index (κ1) is 17.9. The number of carbonyl (C=O) groups excluding carboxylic acids is 1. The van der Waals surface area contributed by atoms with Crippen LogP contribution in [0.1, 0.15) is 31.9 Å². The molecule has 1 aromatic carbocycles. The number of rotatable bonds is 2. The molecule has 1 N–H and O–H groups in total. The third-order valence-electron chi connectivity index (χ3n) is 4.68. The van der Waals surface area contributed by atoms with Gasteiger partial charge in [0.1, 0.15) is 11.4 Å². The summed E-state index contributed by atoms with van der Waals surface area (Å²) >= 11 is 0. The van der Waals surface area contributed by atoms with Crippen molar-refractivity contribution in [3.8, 4) is 5.75 Å². The van der Waals surface area contributed by atoms with Gasteiger partial charge in [0.05, 0.1) is 12.8 Å². The van der Waals surface area contributed by atoms with E-state index in [0.717, 1.165) is 38.3 Å². The number of hydrogen-bond donors (Lipinski definition) is 1. The molecule has 0 aromatic heterocycles. The topological polar surface area (TPSA) is 54.0 Å². The molecule has 0 radical (unpaired) electrons. The van der Waals surface area contributed by atoms with Gasteiger partial charge < -0.3 is 24.6 Å². The van der Waals surface area contributed by atoms with Gasteiger partial charge in [-0.3, -0.25) is 0 Å². The van der Waals surface area contributed by atoms with Crippen LogP contribution in [0.4, 0.5) is 10.5 Å². The molecule has 1 saturated heterocycles. The van der Waals surface area contributed by atoms with Crippen molar-refractivity contribution < 1.29 is 14.3 Å². The molecule has 6 nitrogen and oxygen atoms in total. The summed E-state index contributed by atoms with van der Waals surface area (Å²) in [5.74, 6) is 0.923. The Morgan fingerprint density at radius 2 is 1.88 bits per heavy atom. The molecule has 138 valence electrons. The van der Waals surface area contributed by atoms with Gasteiger partial charge in [0.2, 0.25) is 0 Å². The van der Waals surface area contributed by atoms with Crippen molar-refractivity contribution >= 4 is 11.8 Å². The quantitative estimate of drug-likeness (QED) is 0.890. The van der Waals surface area contributed by atoms with Gasteiger partial charge in [-0.1, -0.05) is 6.07 Å². The van der Waals surface area contributed by atoms with E-state index in [1.165, 1.54) is 16.8 Å². The normalized spacial score (nSPS) is 17.9. The highest BCUT2D eigenvalue weighted by Gasteiger charge is 2.29. The molecular formula is C19H29N3O3. The molecule has 25 heavy (non-hydrogen) atoms. The van der Waals surface area contributed by atoms with E-state index < -0.39 is 5.60 Å². The molecule has 2 aliphatic rings. The Hall–Kier alpha value is -1.95. The van der Waals surface area contributed by atoms with Gasteiger partial charge in [0, 0.05) is 32.7 Å². The fraction of sp³-hybridized carbons (Fsp3) is 0.632. The average Bonchev–Trinajstić information content (AvgIpc) is 2.59. The molecular weight excluding hydrogens is 318 g/mol. The van der Waals surface area contributed by atoms with Crippen molar-refractivity contribution in [2.45, 2.75) is 39.3 Å². The number of hydrogen-bond acceptors (Lipinski definition) is 5. The minimum Gasteiger partial charge on any atom is -0.495 e. The minimum atomic E-state index is -0.455. The minimum absolute atomic E-state index is 0.224. The van der Waals surface area contributed by atoms with Crippen LogP contribution in [0.15, 0.2) is 12.1 Å². The highest BCUT2D eigenvalue weighted by molar-refractivity contribution is 5.70. The molecule has 2 heterocycles. The Bertz CT molecular complexity index is 632. The predicted octanol–water partition coefficient (Wildman–Crippen LogP) is 2.40. The number of benzene rings is 1. The third-order valence-corrected chi connectivity index (χ3v) is 4.68. The van der Waals surface area contributed by atoms with Crippen molar-refractivity contribution in [3.63, 3.8) is 0 Å². The lowest BCUT2D eigenvalue weighted by Gasteiger charge is -2.38. The zero-order valence-corrected chi connectivity index (χ0v) is 15.7. The van der Waals surface area contributed by atoms with Gasteiger partial charge in [-0.15, -0.1) is 0 Å². The lowest BCUT2D eigenvalue weighted by atomic mass is 9.97. The number of amides is 1. The maximum Gasteiger partial charge on any atom is 0.410 e. The van der Waals surface area contributed by atoms with Crippen LogP contribution >= 0.6 is 0 Å². The van der Waals surface area contributed by atoms with Crippen molar-refractivity contribution in [1.82, 2.24) is 10.2 Å². The molecule has 0 unspecified atom stereocenters. The molecule has 0 saturated carbocycles. The number of nitrogens with one attached hydrogen (secondary N) is 1. The first-order valence-electron chi connectivity index (χ1n) is 9.01. The van der Waals surface area contributed by atoms with E-state index in [0.29, 0.717) is 13.1 Å². The lowest BCUT2D eigenvalue weighted by Crippen LogP contribution is -2.50. The maximum absolute atomic E-state index is 12.3. The van der Waals surface area contributed by atoms with Crippen molar-refractivity contribution in [2.75, 3.05) is 44.7 Å². The van der Waals surface area contributed by atoms with Crippen LogP contribution in [0.3, 0.4) is 0 Å². The average molecular weight is 347 g/mol. The van der Waals surface area contributed by atoms with E-state index in [-0.39, 0.29) is 6.09 Å².